The summed E-state index contributed by atoms with van der Waals surface area (Å²) >= 11 is 6.06. The largest absolute Gasteiger partial charge is 0.383 e. The van der Waals surface area contributed by atoms with E-state index in [1.807, 2.05) is 0 Å². The zero-order valence-electron chi connectivity index (χ0n) is 15.4. The van der Waals surface area contributed by atoms with Crippen LogP contribution in [0.15, 0.2) is 23.2 Å². The van der Waals surface area contributed by atoms with E-state index in [1.54, 1.807) is 26.3 Å². The fourth-order valence-electron chi connectivity index (χ4n) is 2.99. The molecule has 0 saturated carbocycles. The highest BCUT2D eigenvalue weighted by Gasteiger charge is 2.19. The van der Waals surface area contributed by atoms with E-state index in [4.69, 9.17) is 16.3 Å². The minimum atomic E-state index is -0.263. The summed E-state index contributed by atoms with van der Waals surface area (Å²) in [5.74, 6) is 0.489. The molecular weight excluding hydrogens is 470 g/mol. The van der Waals surface area contributed by atoms with Crippen molar-refractivity contribution >= 4 is 41.5 Å². The van der Waals surface area contributed by atoms with Crippen molar-refractivity contribution in [2.24, 2.45) is 4.99 Å². The Morgan fingerprint density at radius 1 is 1.38 bits per heavy atom. The second kappa shape index (κ2) is 12.7. The molecule has 0 atom stereocenters. The van der Waals surface area contributed by atoms with Gasteiger partial charge in [-0.1, -0.05) is 17.7 Å². The van der Waals surface area contributed by atoms with Crippen LogP contribution in [-0.4, -0.2) is 63.8 Å². The first-order valence-corrected chi connectivity index (χ1v) is 9.13. The third-order valence-electron chi connectivity index (χ3n) is 4.49. The predicted molar refractivity (Wildman–Crippen MR) is 116 cm³/mol. The van der Waals surface area contributed by atoms with Crippen molar-refractivity contribution < 1.29 is 9.13 Å². The van der Waals surface area contributed by atoms with Gasteiger partial charge in [-0.2, -0.15) is 0 Å². The summed E-state index contributed by atoms with van der Waals surface area (Å²) < 4.78 is 18.9. The molecule has 0 radical (unpaired) electrons. The van der Waals surface area contributed by atoms with Crippen molar-refractivity contribution in [1.29, 1.82) is 0 Å². The maximum absolute atomic E-state index is 13.8. The summed E-state index contributed by atoms with van der Waals surface area (Å²) in [6.07, 6.45) is 2.66. The van der Waals surface area contributed by atoms with Gasteiger partial charge in [0.25, 0.3) is 0 Å². The van der Waals surface area contributed by atoms with Crippen LogP contribution in [0.2, 0.25) is 5.02 Å². The molecule has 1 aliphatic rings. The Kier molecular flexibility index (Phi) is 11.4. The highest BCUT2D eigenvalue weighted by atomic mass is 127. The third-order valence-corrected chi connectivity index (χ3v) is 4.85. The molecule has 8 heteroatoms. The molecule has 148 valence electrons. The van der Waals surface area contributed by atoms with Gasteiger partial charge < -0.3 is 20.3 Å². The van der Waals surface area contributed by atoms with Crippen molar-refractivity contribution in [2.75, 3.05) is 46.9 Å². The van der Waals surface area contributed by atoms with Gasteiger partial charge >= 0.3 is 0 Å². The van der Waals surface area contributed by atoms with Crippen LogP contribution in [-0.2, 0) is 11.2 Å². The number of aliphatic imine (C=N–C) groups is 1. The third kappa shape index (κ3) is 7.54. The number of nitrogens with zero attached hydrogens (tertiary/aromatic N) is 2. The molecule has 0 spiro atoms. The molecule has 1 saturated heterocycles. The Labute approximate surface area is 177 Å². The second-order valence-electron chi connectivity index (χ2n) is 6.20. The maximum atomic E-state index is 13.8. The molecule has 0 unspecified atom stereocenters. The molecule has 5 nitrogen and oxygen atoms in total. The van der Waals surface area contributed by atoms with Crippen molar-refractivity contribution in [2.45, 2.75) is 25.3 Å². The van der Waals surface area contributed by atoms with Crippen LogP contribution < -0.4 is 10.6 Å². The van der Waals surface area contributed by atoms with Gasteiger partial charge in [-0.25, -0.2) is 4.39 Å². The van der Waals surface area contributed by atoms with Gasteiger partial charge in [0.15, 0.2) is 5.96 Å². The lowest BCUT2D eigenvalue weighted by atomic mass is 10.1. The topological polar surface area (TPSA) is 48.9 Å². The van der Waals surface area contributed by atoms with E-state index in [9.17, 15) is 4.39 Å². The van der Waals surface area contributed by atoms with Crippen molar-refractivity contribution in [3.8, 4) is 0 Å². The summed E-state index contributed by atoms with van der Waals surface area (Å²) in [5.41, 5.74) is 0.540. The quantitative estimate of drug-likeness (QED) is 0.345. The average Bonchev–Trinajstić information content (AvgIpc) is 2.62. The second-order valence-corrected chi connectivity index (χ2v) is 6.61. The van der Waals surface area contributed by atoms with E-state index in [0.717, 1.165) is 45.0 Å². The molecule has 1 aromatic carbocycles. The number of guanidine groups is 1. The molecule has 2 rings (SSSR count). The number of nitrogens with one attached hydrogen (secondary N) is 2. The van der Waals surface area contributed by atoms with Crippen LogP contribution in [0.1, 0.15) is 18.4 Å². The van der Waals surface area contributed by atoms with E-state index in [1.165, 1.54) is 6.07 Å². The van der Waals surface area contributed by atoms with Gasteiger partial charge in [0, 0.05) is 57.0 Å². The number of methoxy groups -OCH3 is 1. The fourth-order valence-corrected chi connectivity index (χ4v) is 3.24. The first kappa shape index (κ1) is 23.4. The summed E-state index contributed by atoms with van der Waals surface area (Å²) in [6.45, 7) is 4.46. The average molecular weight is 499 g/mol. The normalized spacial score (nSPS) is 16.2. The summed E-state index contributed by atoms with van der Waals surface area (Å²) in [4.78, 5) is 6.68. The summed E-state index contributed by atoms with van der Waals surface area (Å²) in [6, 6.07) is 5.17. The monoisotopic (exact) mass is 498 g/mol. The summed E-state index contributed by atoms with van der Waals surface area (Å²) in [7, 11) is 3.48. The van der Waals surface area contributed by atoms with Crippen molar-refractivity contribution in [1.82, 2.24) is 15.5 Å². The molecule has 2 N–H and O–H groups in total. The standard InChI is InChI=1S/C18H28ClFN4O.HI/c1-21-18(22-9-6-15-16(19)4-3-5-17(15)20)23-14-7-10-24(11-8-14)12-13-25-2;/h3-5,14H,6-13H2,1-2H3,(H2,21,22,23);1H. The first-order valence-electron chi connectivity index (χ1n) is 8.75. The number of piperidine rings is 1. The van der Waals surface area contributed by atoms with E-state index < -0.39 is 0 Å². The first-order chi connectivity index (χ1) is 12.1. The lowest BCUT2D eigenvalue weighted by molar-refractivity contribution is 0.128. The zero-order chi connectivity index (χ0) is 18.1. The van der Waals surface area contributed by atoms with E-state index in [-0.39, 0.29) is 29.8 Å². The number of hydrogen-bond acceptors (Lipinski definition) is 3. The molecule has 0 aromatic heterocycles. The molecule has 26 heavy (non-hydrogen) atoms. The van der Waals surface area contributed by atoms with Crippen LogP contribution in [0.4, 0.5) is 4.39 Å². The minimum absolute atomic E-state index is 0. The molecular formula is C18H29ClFIN4O. The van der Waals surface area contributed by atoms with Gasteiger partial charge in [0.1, 0.15) is 5.82 Å². The number of ether oxygens (including phenoxy) is 1. The summed E-state index contributed by atoms with van der Waals surface area (Å²) in [5, 5.41) is 7.16. The van der Waals surface area contributed by atoms with Gasteiger partial charge in [0.2, 0.25) is 0 Å². The molecule has 0 amide bonds. The van der Waals surface area contributed by atoms with E-state index in [0.29, 0.717) is 29.6 Å². The SMILES string of the molecule is CN=C(NCCc1c(F)cccc1Cl)NC1CCN(CCOC)CC1.I. The van der Waals surface area contributed by atoms with Crippen molar-refractivity contribution in [3.05, 3.63) is 34.6 Å². The number of benzene rings is 1. The Morgan fingerprint density at radius 3 is 2.73 bits per heavy atom. The zero-order valence-corrected chi connectivity index (χ0v) is 18.5. The molecule has 0 bridgehead atoms. The lowest BCUT2D eigenvalue weighted by Gasteiger charge is -2.32. The Hall–Kier alpha value is -0.640. The molecule has 1 aliphatic heterocycles. The van der Waals surface area contributed by atoms with Gasteiger partial charge in [-0.05, 0) is 31.4 Å². The predicted octanol–water partition coefficient (Wildman–Crippen LogP) is 2.92. The highest BCUT2D eigenvalue weighted by Crippen LogP contribution is 2.19. The minimum Gasteiger partial charge on any atom is -0.383 e. The number of halogens is 3. The Bertz CT molecular complexity index is 548. The van der Waals surface area contributed by atoms with Crippen molar-refractivity contribution in [3.63, 3.8) is 0 Å². The van der Waals surface area contributed by atoms with Crippen LogP contribution in [0.25, 0.3) is 0 Å². The molecule has 1 fully saturated rings. The number of rotatable bonds is 7. The molecule has 0 aliphatic carbocycles. The van der Waals surface area contributed by atoms with Gasteiger partial charge in [-0.15, -0.1) is 24.0 Å². The smallest absolute Gasteiger partial charge is 0.191 e. The maximum Gasteiger partial charge on any atom is 0.191 e. The van der Waals surface area contributed by atoms with E-state index >= 15 is 0 Å². The van der Waals surface area contributed by atoms with Crippen LogP contribution in [0.5, 0.6) is 0 Å². The molecule has 1 aromatic rings. The van der Waals surface area contributed by atoms with E-state index in [2.05, 4.69) is 20.5 Å². The number of hydrogen-bond donors (Lipinski definition) is 2. The van der Waals surface area contributed by atoms with Crippen LogP contribution >= 0.6 is 35.6 Å². The Balaban J connectivity index is 0.00000338. The van der Waals surface area contributed by atoms with Gasteiger partial charge in [0.05, 0.1) is 6.61 Å². The number of likely N-dealkylation sites (tertiary alicyclic amines) is 1. The highest BCUT2D eigenvalue weighted by molar-refractivity contribution is 14.0. The Morgan fingerprint density at radius 2 is 2.12 bits per heavy atom. The van der Waals surface area contributed by atoms with Crippen LogP contribution in [0.3, 0.4) is 0 Å². The van der Waals surface area contributed by atoms with Crippen LogP contribution in [0, 0.1) is 5.82 Å². The molecule has 1 heterocycles. The van der Waals surface area contributed by atoms with Gasteiger partial charge in [-0.3, -0.25) is 4.99 Å². The fraction of sp³-hybridized carbons (Fsp3) is 0.611. The lowest BCUT2D eigenvalue weighted by Crippen LogP contribution is -2.49.